The number of hydrogen-bond acceptors (Lipinski definition) is 1. The van der Waals surface area contributed by atoms with E-state index in [0.717, 1.165) is 12.5 Å². The standard InChI is InChI=1S/C9H14N.C5H5.Fe/c1-8(2)7-10-9-5-3-4-6-9;1-2-4-5-3-1;/h3-6,8,10H,7H2,1-2H3;1-5H;/q2*-1;+2. The summed E-state index contributed by atoms with van der Waals surface area (Å²) in [6, 6.07) is 18.3. The second-order valence-corrected chi connectivity index (χ2v) is 3.91. The van der Waals surface area contributed by atoms with Gasteiger partial charge in [-0.05, 0) is 5.92 Å². The van der Waals surface area contributed by atoms with Gasteiger partial charge in [0, 0.05) is 6.54 Å². The Morgan fingerprint density at radius 3 is 2.00 bits per heavy atom. The van der Waals surface area contributed by atoms with E-state index in [-0.39, 0.29) is 17.1 Å². The third-order valence-corrected chi connectivity index (χ3v) is 1.93. The van der Waals surface area contributed by atoms with Crippen molar-refractivity contribution in [3.63, 3.8) is 0 Å². The molecule has 0 heterocycles. The van der Waals surface area contributed by atoms with E-state index >= 15 is 0 Å². The van der Waals surface area contributed by atoms with E-state index in [0.29, 0.717) is 0 Å². The van der Waals surface area contributed by atoms with E-state index in [9.17, 15) is 0 Å². The van der Waals surface area contributed by atoms with Crippen molar-refractivity contribution in [2.75, 3.05) is 11.9 Å². The molecule has 0 bridgehead atoms. The normalized spacial score (nSPS) is 8.94. The summed E-state index contributed by atoms with van der Waals surface area (Å²) < 4.78 is 0. The molecule has 1 nitrogen and oxygen atoms in total. The van der Waals surface area contributed by atoms with Crippen molar-refractivity contribution in [3.8, 4) is 0 Å². The molecule has 2 heteroatoms. The zero-order chi connectivity index (χ0) is 10.9. The molecule has 0 aliphatic heterocycles. The summed E-state index contributed by atoms with van der Waals surface area (Å²) in [6.07, 6.45) is 0. The monoisotopic (exact) mass is 257 g/mol. The minimum absolute atomic E-state index is 0. The second-order valence-electron chi connectivity index (χ2n) is 3.91. The average Bonchev–Trinajstić information content (AvgIpc) is 2.91. The van der Waals surface area contributed by atoms with Crippen LogP contribution in [-0.2, 0) is 17.1 Å². The predicted molar refractivity (Wildman–Crippen MR) is 67.4 cm³/mol. The van der Waals surface area contributed by atoms with Gasteiger partial charge in [-0.3, -0.25) is 0 Å². The summed E-state index contributed by atoms with van der Waals surface area (Å²) in [6.45, 7) is 5.47. The van der Waals surface area contributed by atoms with Crippen molar-refractivity contribution >= 4 is 5.69 Å². The van der Waals surface area contributed by atoms with Crippen LogP contribution in [0.3, 0.4) is 0 Å². The van der Waals surface area contributed by atoms with Crippen molar-refractivity contribution in [3.05, 3.63) is 54.6 Å². The molecule has 0 radical (unpaired) electrons. The maximum Gasteiger partial charge on any atom is 2.00 e. The van der Waals surface area contributed by atoms with Gasteiger partial charge in [-0.15, -0.1) is 0 Å². The number of rotatable bonds is 3. The summed E-state index contributed by atoms with van der Waals surface area (Å²) in [5.41, 5.74) is 1.23. The molecule has 88 valence electrons. The molecule has 16 heavy (non-hydrogen) atoms. The van der Waals surface area contributed by atoms with Gasteiger partial charge in [0.15, 0.2) is 0 Å². The van der Waals surface area contributed by atoms with Gasteiger partial charge < -0.3 is 5.32 Å². The van der Waals surface area contributed by atoms with E-state index in [2.05, 4.69) is 31.3 Å². The first-order valence-corrected chi connectivity index (χ1v) is 5.41. The zero-order valence-corrected chi connectivity index (χ0v) is 10.9. The van der Waals surface area contributed by atoms with Crippen LogP contribution in [0.4, 0.5) is 5.69 Å². The summed E-state index contributed by atoms with van der Waals surface area (Å²) >= 11 is 0. The Balaban J connectivity index is 0.000000318. The first kappa shape index (κ1) is 15.0. The van der Waals surface area contributed by atoms with Gasteiger partial charge in [0.2, 0.25) is 0 Å². The Morgan fingerprint density at radius 2 is 1.62 bits per heavy atom. The topological polar surface area (TPSA) is 12.0 Å². The van der Waals surface area contributed by atoms with Gasteiger partial charge in [0.05, 0.1) is 0 Å². The fourth-order valence-electron chi connectivity index (χ4n) is 1.13. The largest absolute Gasteiger partial charge is 2.00 e. The molecule has 0 amide bonds. The molecule has 0 spiro atoms. The van der Waals surface area contributed by atoms with E-state index in [1.54, 1.807) is 0 Å². The summed E-state index contributed by atoms with van der Waals surface area (Å²) in [4.78, 5) is 0. The summed E-state index contributed by atoms with van der Waals surface area (Å²) in [5, 5.41) is 3.32. The van der Waals surface area contributed by atoms with Crippen molar-refractivity contribution in [1.82, 2.24) is 0 Å². The van der Waals surface area contributed by atoms with Crippen molar-refractivity contribution < 1.29 is 17.1 Å². The van der Waals surface area contributed by atoms with Gasteiger partial charge in [-0.1, -0.05) is 19.5 Å². The fraction of sp³-hybridized carbons (Fsp3) is 0.286. The predicted octanol–water partition coefficient (Wildman–Crippen LogP) is 3.88. The van der Waals surface area contributed by atoms with E-state index in [1.165, 1.54) is 5.69 Å². The molecular weight excluding hydrogens is 238 g/mol. The van der Waals surface area contributed by atoms with Crippen LogP contribution in [0.5, 0.6) is 0 Å². The van der Waals surface area contributed by atoms with Crippen LogP contribution in [0, 0.1) is 5.92 Å². The number of hydrogen-bond donors (Lipinski definition) is 1. The van der Waals surface area contributed by atoms with Crippen LogP contribution in [0.1, 0.15) is 13.8 Å². The van der Waals surface area contributed by atoms with Crippen molar-refractivity contribution in [2.45, 2.75) is 13.8 Å². The van der Waals surface area contributed by atoms with E-state index < -0.39 is 0 Å². The van der Waals surface area contributed by atoms with Crippen molar-refractivity contribution in [1.29, 1.82) is 0 Å². The van der Waals surface area contributed by atoms with Gasteiger partial charge in [0.25, 0.3) is 0 Å². The van der Waals surface area contributed by atoms with Crippen LogP contribution in [0.2, 0.25) is 0 Å². The summed E-state index contributed by atoms with van der Waals surface area (Å²) in [7, 11) is 0. The smallest absolute Gasteiger partial charge is 0.436 e. The van der Waals surface area contributed by atoms with Gasteiger partial charge in [-0.25, -0.2) is 24.3 Å². The zero-order valence-electron chi connectivity index (χ0n) is 9.83. The quantitative estimate of drug-likeness (QED) is 0.650. The van der Waals surface area contributed by atoms with Crippen molar-refractivity contribution in [2.24, 2.45) is 5.92 Å². The van der Waals surface area contributed by atoms with E-state index in [4.69, 9.17) is 0 Å². The fourth-order valence-corrected chi connectivity index (χ4v) is 1.13. The minimum Gasteiger partial charge on any atom is -0.436 e. The maximum absolute atomic E-state index is 3.32. The Kier molecular flexibility index (Phi) is 8.69. The number of anilines is 1. The molecule has 0 aromatic heterocycles. The molecule has 2 aromatic carbocycles. The maximum atomic E-state index is 3.32. The minimum atomic E-state index is 0. The van der Waals surface area contributed by atoms with Crippen LogP contribution in [0.25, 0.3) is 0 Å². The second kappa shape index (κ2) is 9.26. The molecule has 0 aliphatic carbocycles. The van der Waals surface area contributed by atoms with Gasteiger partial charge in [-0.2, -0.15) is 30.3 Å². The molecule has 0 atom stereocenters. The van der Waals surface area contributed by atoms with Crippen LogP contribution < -0.4 is 5.32 Å². The molecule has 0 aliphatic rings. The Bertz CT molecular complexity index is 291. The van der Waals surface area contributed by atoms with Gasteiger partial charge >= 0.3 is 17.1 Å². The molecule has 0 saturated carbocycles. The molecule has 0 unspecified atom stereocenters. The Hall–Kier alpha value is -0.981. The average molecular weight is 257 g/mol. The molecular formula is C14H19FeN. The molecule has 2 aromatic rings. The Labute approximate surface area is 109 Å². The van der Waals surface area contributed by atoms with Gasteiger partial charge in [0.1, 0.15) is 0 Å². The number of nitrogens with one attached hydrogen (secondary N) is 1. The third kappa shape index (κ3) is 7.33. The van der Waals surface area contributed by atoms with E-state index in [1.807, 2.05) is 42.5 Å². The molecule has 1 N–H and O–H groups in total. The molecule has 0 saturated heterocycles. The van der Waals surface area contributed by atoms with Crippen LogP contribution in [-0.4, -0.2) is 6.54 Å². The first-order valence-electron chi connectivity index (χ1n) is 5.41. The summed E-state index contributed by atoms with van der Waals surface area (Å²) in [5.74, 6) is 0.717. The molecule has 2 rings (SSSR count). The van der Waals surface area contributed by atoms with Crippen LogP contribution in [0.15, 0.2) is 54.6 Å². The van der Waals surface area contributed by atoms with Crippen LogP contribution >= 0.6 is 0 Å². The molecule has 0 fully saturated rings. The Morgan fingerprint density at radius 1 is 1.06 bits per heavy atom. The first-order chi connectivity index (χ1) is 7.29. The SMILES string of the molecule is CC(C)CN[c-]1cccc1.[Fe+2].c1cc[cH-]c1. The third-order valence-electron chi connectivity index (χ3n) is 1.93.